The summed E-state index contributed by atoms with van der Waals surface area (Å²) >= 11 is 0. The van der Waals surface area contributed by atoms with Gasteiger partial charge in [-0.25, -0.2) is 17.9 Å². The minimum atomic E-state index is -3.07. The van der Waals surface area contributed by atoms with Gasteiger partial charge in [-0.1, -0.05) is 0 Å². The van der Waals surface area contributed by atoms with Crippen molar-refractivity contribution < 1.29 is 13.2 Å². The summed E-state index contributed by atoms with van der Waals surface area (Å²) in [6.45, 7) is 0. The highest BCUT2D eigenvalue weighted by Crippen LogP contribution is 2.17. The van der Waals surface area contributed by atoms with Crippen LogP contribution in [0.3, 0.4) is 0 Å². The third kappa shape index (κ3) is 2.83. The van der Waals surface area contributed by atoms with Gasteiger partial charge in [0.25, 0.3) is 12.7 Å². The number of alkyl halides is 3. The molecule has 0 bridgehead atoms. The molecule has 0 aliphatic rings. The van der Waals surface area contributed by atoms with E-state index in [4.69, 9.17) is 0 Å². The summed E-state index contributed by atoms with van der Waals surface area (Å²) in [6, 6.07) is 5.10. The molecule has 1 unspecified atom stereocenters. The van der Waals surface area contributed by atoms with Crippen LogP contribution in [0.4, 0.5) is 13.2 Å². The number of hydrogen-bond acceptors (Lipinski definition) is 2. The Hall–Kier alpha value is -1.85. The van der Waals surface area contributed by atoms with Gasteiger partial charge in [0.2, 0.25) is 0 Å². The number of nitrogens with zero attached hydrogens (tertiary/aromatic N) is 3. The Bertz CT molecular complexity index is 470. The number of halogens is 3. The molecule has 2 aromatic rings. The van der Waals surface area contributed by atoms with Crippen LogP contribution in [-0.4, -0.2) is 21.2 Å². The van der Waals surface area contributed by atoms with Gasteiger partial charge in [0.1, 0.15) is 0 Å². The molecule has 2 rings (SSSR count). The Morgan fingerprint density at radius 2 is 1.82 bits per heavy atom. The summed E-state index contributed by atoms with van der Waals surface area (Å²) < 4.78 is 37.8. The SMILES string of the molecule is FC(F)C(F)n1ccc(Cc2ccncc2)n1. The van der Waals surface area contributed by atoms with Crippen molar-refractivity contribution in [2.45, 2.75) is 19.1 Å². The lowest BCUT2D eigenvalue weighted by Crippen LogP contribution is -2.13. The molecule has 3 nitrogen and oxygen atoms in total. The van der Waals surface area contributed by atoms with E-state index >= 15 is 0 Å². The maximum Gasteiger partial charge on any atom is 0.289 e. The molecule has 0 aromatic carbocycles. The van der Waals surface area contributed by atoms with Gasteiger partial charge in [-0.15, -0.1) is 0 Å². The van der Waals surface area contributed by atoms with Gasteiger partial charge in [0.15, 0.2) is 0 Å². The van der Waals surface area contributed by atoms with E-state index in [-0.39, 0.29) is 0 Å². The lowest BCUT2D eigenvalue weighted by molar-refractivity contribution is 0.000589. The molecule has 0 amide bonds. The van der Waals surface area contributed by atoms with Crippen molar-refractivity contribution in [2.24, 2.45) is 0 Å². The molecule has 0 saturated heterocycles. The second-order valence-corrected chi connectivity index (χ2v) is 3.53. The standard InChI is InChI=1S/C11H10F3N3/c12-10(13)11(14)17-6-3-9(16-17)7-8-1-4-15-5-2-8/h1-6,10-11H,7H2. The third-order valence-electron chi connectivity index (χ3n) is 2.26. The number of rotatable bonds is 4. The Morgan fingerprint density at radius 3 is 2.47 bits per heavy atom. The average molecular weight is 241 g/mol. The van der Waals surface area contributed by atoms with E-state index in [0.29, 0.717) is 16.8 Å². The molecular weight excluding hydrogens is 231 g/mol. The highest BCUT2D eigenvalue weighted by atomic mass is 19.3. The second kappa shape index (κ2) is 4.99. The van der Waals surface area contributed by atoms with Crippen molar-refractivity contribution in [1.82, 2.24) is 14.8 Å². The van der Waals surface area contributed by atoms with Gasteiger partial charge < -0.3 is 0 Å². The first-order valence-electron chi connectivity index (χ1n) is 5.02. The average Bonchev–Trinajstić information content (AvgIpc) is 2.77. The van der Waals surface area contributed by atoms with E-state index in [2.05, 4.69) is 10.1 Å². The molecule has 0 spiro atoms. The normalized spacial score (nSPS) is 12.9. The van der Waals surface area contributed by atoms with Crippen LogP contribution in [0.5, 0.6) is 0 Å². The molecule has 0 aliphatic carbocycles. The van der Waals surface area contributed by atoms with Crippen LogP contribution in [0.1, 0.15) is 17.6 Å². The summed E-state index contributed by atoms with van der Waals surface area (Å²) in [5.74, 6) is 0. The number of pyridine rings is 1. The summed E-state index contributed by atoms with van der Waals surface area (Å²) in [5, 5.41) is 3.77. The Labute approximate surface area is 95.9 Å². The van der Waals surface area contributed by atoms with Gasteiger partial charge >= 0.3 is 0 Å². The zero-order valence-electron chi connectivity index (χ0n) is 8.80. The van der Waals surface area contributed by atoms with Crippen molar-refractivity contribution >= 4 is 0 Å². The zero-order valence-corrected chi connectivity index (χ0v) is 8.80. The molecule has 90 valence electrons. The largest absolute Gasteiger partial charge is 0.289 e. The van der Waals surface area contributed by atoms with E-state index in [1.165, 1.54) is 12.3 Å². The van der Waals surface area contributed by atoms with Crippen molar-refractivity contribution in [3.63, 3.8) is 0 Å². The smallest absolute Gasteiger partial charge is 0.265 e. The molecule has 0 saturated carbocycles. The summed E-state index contributed by atoms with van der Waals surface area (Å²) in [5.41, 5.74) is 1.48. The first kappa shape index (κ1) is 11.6. The monoisotopic (exact) mass is 241 g/mol. The van der Waals surface area contributed by atoms with Crippen molar-refractivity contribution in [2.75, 3.05) is 0 Å². The fourth-order valence-electron chi connectivity index (χ4n) is 1.43. The molecule has 0 N–H and O–H groups in total. The molecule has 0 fully saturated rings. The number of aromatic nitrogens is 3. The summed E-state index contributed by atoms with van der Waals surface area (Å²) in [7, 11) is 0. The first-order valence-corrected chi connectivity index (χ1v) is 5.02. The van der Waals surface area contributed by atoms with Gasteiger partial charge in [-0.05, 0) is 23.8 Å². The predicted molar refractivity (Wildman–Crippen MR) is 55.4 cm³/mol. The molecule has 2 aromatic heterocycles. The topological polar surface area (TPSA) is 30.7 Å². The maximum absolute atomic E-state index is 13.0. The fourth-order valence-corrected chi connectivity index (χ4v) is 1.43. The van der Waals surface area contributed by atoms with Gasteiger partial charge in [0.05, 0.1) is 5.69 Å². The Morgan fingerprint density at radius 1 is 1.12 bits per heavy atom. The van der Waals surface area contributed by atoms with Crippen molar-refractivity contribution in [3.8, 4) is 0 Å². The molecule has 6 heteroatoms. The molecule has 17 heavy (non-hydrogen) atoms. The molecule has 0 radical (unpaired) electrons. The Balaban J connectivity index is 2.09. The number of hydrogen-bond donors (Lipinski definition) is 0. The van der Waals surface area contributed by atoms with E-state index in [1.54, 1.807) is 24.5 Å². The summed E-state index contributed by atoms with van der Waals surface area (Å²) in [4.78, 5) is 3.86. The lowest BCUT2D eigenvalue weighted by atomic mass is 10.1. The van der Waals surface area contributed by atoms with Crippen LogP contribution < -0.4 is 0 Å². The minimum absolute atomic E-state index is 0.464. The quantitative estimate of drug-likeness (QED) is 0.823. The minimum Gasteiger partial charge on any atom is -0.265 e. The fraction of sp³-hybridized carbons (Fsp3) is 0.273. The van der Waals surface area contributed by atoms with Gasteiger partial charge in [0, 0.05) is 25.0 Å². The van der Waals surface area contributed by atoms with Crippen LogP contribution in [-0.2, 0) is 6.42 Å². The highest BCUT2D eigenvalue weighted by Gasteiger charge is 2.21. The Kier molecular flexibility index (Phi) is 3.41. The van der Waals surface area contributed by atoms with Crippen molar-refractivity contribution in [1.29, 1.82) is 0 Å². The van der Waals surface area contributed by atoms with E-state index < -0.39 is 12.7 Å². The van der Waals surface area contributed by atoms with E-state index in [1.807, 2.05) is 0 Å². The molecular formula is C11H10F3N3. The van der Waals surface area contributed by atoms with Crippen LogP contribution >= 0.6 is 0 Å². The highest BCUT2D eigenvalue weighted by molar-refractivity contribution is 5.17. The van der Waals surface area contributed by atoms with Crippen LogP contribution in [0.2, 0.25) is 0 Å². The van der Waals surface area contributed by atoms with Gasteiger partial charge in [-0.2, -0.15) is 5.10 Å². The second-order valence-electron chi connectivity index (χ2n) is 3.53. The van der Waals surface area contributed by atoms with E-state index in [9.17, 15) is 13.2 Å². The third-order valence-corrected chi connectivity index (χ3v) is 2.26. The lowest BCUT2D eigenvalue weighted by Gasteiger charge is -2.06. The van der Waals surface area contributed by atoms with E-state index in [0.717, 1.165) is 5.56 Å². The predicted octanol–water partition coefficient (Wildman–Crippen LogP) is 2.60. The molecule has 0 aliphatic heterocycles. The molecule has 1 atom stereocenters. The van der Waals surface area contributed by atoms with Crippen molar-refractivity contribution in [3.05, 3.63) is 48.0 Å². The van der Waals surface area contributed by atoms with Gasteiger partial charge in [-0.3, -0.25) is 4.98 Å². The maximum atomic E-state index is 13.0. The first-order chi connectivity index (χ1) is 8.16. The van der Waals surface area contributed by atoms with Crippen LogP contribution in [0.25, 0.3) is 0 Å². The molecule has 2 heterocycles. The van der Waals surface area contributed by atoms with Crippen LogP contribution in [0.15, 0.2) is 36.8 Å². The zero-order chi connectivity index (χ0) is 12.3. The van der Waals surface area contributed by atoms with Crippen LogP contribution in [0, 0.1) is 0 Å². The summed E-state index contributed by atoms with van der Waals surface area (Å²) in [6.07, 6.45) is -0.518.